The van der Waals surface area contributed by atoms with Crippen LogP contribution in [0.25, 0.3) is 4.96 Å². The van der Waals surface area contributed by atoms with Crippen LogP contribution in [0.5, 0.6) is 0 Å². The summed E-state index contributed by atoms with van der Waals surface area (Å²) in [5.41, 5.74) is 1.60. The summed E-state index contributed by atoms with van der Waals surface area (Å²) in [6.45, 7) is 4.63. The highest BCUT2D eigenvalue weighted by Gasteiger charge is 2.28. The molecule has 0 aliphatic rings. The van der Waals surface area contributed by atoms with Crippen LogP contribution in [0.3, 0.4) is 0 Å². The fourth-order valence-electron chi connectivity index (χ4n) is 2.17. The summed E-state index contributed by atoms with van der Waals surface area (Å²) >= 11 is 1.62. The molecule has 0 fully saturated rings. The number of ether oxygens (including phenoxy) is 1. The Kier molecular flexibility index (Phi) is 4.58. The van der Waals surface area contributed by atoms with Crippen LogP contribution in [0.4, 0.5) is 0 Å². The summed E-state index contributed by atoms with van der Waals surface area (Å²) in [6, 6.07) is 0. The molecule has 4 nitrogen and oxygen atoms in total. The monoisotopic (exact) mass is 281 g/mol. The molecule has 0 saturated heterocycles. The third-order valence-corrected chi connectivity index (χ3v) is 4.33. The molecule has 0 unspecified atom stereocenters. The van der Waals surface area contributed by atoms with E-state index in [9.17, 15) is 4.79 Å². The molecule has 0 amide bonds. The fourth-order valence-corrected chi connectivity index (χ4v) is 3.03. The van der Waals surface area contributed by atoms with Gasteiger partial charge in [0.25, 0.3) is 5.69 Å². The van der Waals surface area contributed by atoms with Crippen molar-refractivity contribution in [1.82, 2.24) is 4.57 Å². The van der Waals surface area contributed by atoms with E-state index in [0.717, 1.165) is 23.5 Å². The van der Waals surface area contributed by atoms with E-state index in [4.69, 9.17) is 4.74 Å². The van der Waals surface area contributed by atoms with E-state index in [1.807, 2.05) is 34.5 Å². The van der Waals surface area contributed by atoms with Crippen molar-refractivity contribution in [2.24, 2.45) is 7.05 Å². The number of carbonyl (C=O) groups is 1. The Balaban J connectivity index is 2.05. The molecule has 0 atom stereocenters. The first-order valence-electron chi connectivity index (χ1n) is 6.78. The second-order valence-corrected chi connectivity index (χ2v) is 5.62. The average molecular weight is 281 g/mol. The molecule has 2 aromatic rings. The highest BCUT2D eigenvalue weighted by atomic mass is 32.1. The van der Waals surface area contributed by atoms with Gasteiger partial charge in [-0.25, -0.2) is 9.36 Å². The normalized spacial score (nSPS) is 11.1. The number of rotatable bonds is 6. The van der Waals surface area contributed by atoms with Crippen molar-refractivity contribution in [3.8, 4) is 0 Å². The first-order valence-corrected chi connectivity index (χ1v) is 7.66. The van der Waals surface area contributed by atoms with Gasteiger partial charge in [0.15, 0.2) is 5.69 Å². The quantitative estimate of drug-likeness (QED) is 0.463. The predicted molar refractivity (Wildman–Crippen MR) is 75.6 cm³/mol. The lowest BCUT2D eigenvalue weighted by molar-refractivity contribution is -0.510. The number of fused-ring (bicyclic) bond motifs is 1. The van der Waals surface area contributed by atoms with Gasteiger partial charge in [-0.15, -0.1) is 0 Å². The number of imidazole rings is 1. The largest absolute Gasteiger partial charge is 0.459 e. The highest BCUT2D eigenvalue weighted by Crippen LogP contribution is 2.14. The molecule has 0 spiro atoms. The topological polar surface area (TPSA) is 35.3 Å². The third-order valence-electron chi connectivity index (χ3n) is 3.39. The molecule has 0 aromatic carbocycles. The number of carbonyl (C=O) groups excluding carboxylic acids is 1. The van der Waals surface area contributed by atoms with Crippen LogP contribution >= 0.6 is 11.3 Å². The lowest BCUT2D eigenvalue weighted by atomic mass is 10.2. The number of unbranched alkanes of at least 4 members (excludes halogenated alkanes) is 3. The lowest BCUT2D eigenvalue weighted by Crippen LogP contribution is -2.27. The average Bonchev–Trinajstić information content (AvgIpc) is 2.94. The van der Waals surface area contributed by atoms with Crippen molar-refractivity contribution >= 4 is 22.3 Å². The Labute approximate surface area is 117 Å². The van der Waals surface area contributed by atoms with Crippen molar-refractivity contribution in [1.29, 1.82) is 0 Å². The molecule has 2 rings (SSSR count). The summed E-state index contributed by atoms with van der Waals surface area (Å²) in [6.07, 6.45) is 6.38. The van der Waals surface area contributed by atoms with Gasteiger partial charge in [-0.3, -0.25) is 0 Å². The summed E-state index contributed by atoms with van der Waals surface area (Å²) in [7, 11) is 1.97. The van der Waals surface area contributed by atoms with Crippen molar-refractivity contribution in [2.75, 3.05) is 6.61 Å². The van der Waals surface area contributed by atoms with Gasteiger partial charge in [0.2, 0.25) is 0 Å². The first kappa shape index (κ1) is 14.1. The standard InChI is InChI=1S/C14H21N2O2S/c1-4-5-6-7-9-18-13(17)12-11(2)15(3)14-16(12)8-10-19-14/h8,10H,4-7,9H2,1-3H3/q+1. The van der Waals surface area contributed by atoms with E-state index in [1.54, 1.807) is 11.3 Å². The second kappa shape index (κ2) is 6.19. The zero-order chi connectivity index (χ0) is 13.8. The van der Waals surface area contributed by atoms with Gasteiger partial charge in [-0.2, -0.15) is 4.40 Å². The minimum atomic E-state index is -0.219. The van der Waals surface area contributed by atoms with Gasteiger partial charge in [0.05, 0.1) is 13.7 Å². The number of hydrogen-bond donors (Lipinski definition) is 0. The molecule has 19 heavy (non-hydrogen) atoms. The molecule has 0 bridgehead atoms. The van der Waals surface area contributed by atoms with Gasteiger partial charge in [-0.1, -0.05) is 37.5 Å². The summed E-state index contributed by atoms with van der Waals surface area (Å²) in [5, 5.41) is 1.98. The van der Waals surface area contributed by atoms with E-state index < -0.39 is 0 Å². The fraction of sp³-hybridized carbons (Fsp3) is 0.571. The molecule has 0 aliphatic carbocycles. The number of thiazole rings is 1. The van der Waals surface area contributed by atoms with Gasteiger partial charge in [-0.05, 0) is 6.42 Å². The SMILES string of the molecule is CCCCCCOC(=O)c1c(C)n(C)c2scc[n+]12. The summed E-state index contributed by atoms with van der Waals surface area (Å²) in [4.78, 5) is 13.2. The molecule has 0 N–H and O–H groups in total. The number of aryl methyl sites for hydroxylation is 1. The van der Waals surface area contributed by atoms with E-state index in [1.165, 1.54) is 12.8 Å². The molecule has 0 saturated carbocycles. The van der Waals surface area contributed by atoms with Crippen LogP contribution in [0.15, 0.2) is 11.6 Å². The number of aromatic nitrogens is 2. The van der Waals surface area contributed by atoms with Gasteiger partial charge in [0.1, 0.15) is 6.20 Å². The molecule has 2 aromatic heterocycles. The molecular formula is C14H21N2O2S+. The minimum absolute atomic E-state index is 0.219. The maximum atomic E-state index is 12.2. The van der Waals surface area contributed by atoms with Crippen LogP contribution in [-0.4, -0.2) is 17.1 Å². The van der Waals surface area contributed by atoms with Crippen LogP contribution in [0.1, 0.15) is 48.8 Å². The van der Waals surface area contributed by atoms with Crippen LogP contribution in [0, 0.1) is 6.92 Å². The Morgan fingerprint density at radius 1 is 1.42 bits per heavy atom. The maximum absolute atomic E-state index is 12.2. The molecule has 5 heteroatoms. The third kappa shape index (κ3) is 2.81. The second-order valence-electron chi connectivity index (χ2n) is 4.75. The Bertz CT molecular complexity index is 571. The lowest BCUT2D eigenvalue weighted by Gasteiger charge is -2.02. The molecule has 104 valence electrons. The first-order chi connectivity index (χ1) is 9.16. The van der Waals surface area contributed by atoms with E-state index in [0.29, 0.717) is 12.3 Å². The Morgan fingerprint density at radius 2 is 2.21 bits per heavy atom. The number of hydrogen-bond acceptors (Lipinski definition) is 3. The van der Waals surface area contributed by atoms with Crippen LogP contribution in [-0.2, 0) is 11.8 Å². The number of esters is 1. The molecular weight excluding hydrogens is 260 g/mol. The van der Waals surface area contributed by atoms with Gasteiger partial charge in [0, 0.05) is 12.3 Å². The van der Waals surface area contributed by atoms with Crippen LogP contribution in [0.2, 0.25) is 0 Å². The Hall–Kier alpha value is -1.36. The smallest absolute Gasteiger partial charge is 0.383 e. The highest BCUT2D eigenvalue weighted by molar-refractivity contribution is 7.14. The zero-order valence-electron chi connectivity index (χ0n) is 11.8. The summed E-state index contributed by atoms with van der Waals surface area (Å²) < 4.78 is 9.32. The maximum Gasteiger partial charge on any atom is 0.383 e. The molecule has 0 aliphatic heterocycles. The van der Waals surface area contributed by atoms with E-state index >= 15 is 0 Å². The Morgan fingerprint density at radius 3 is 2.95 bits per heavy atom. The van der Waals surface area contributed by atoms with Crippen molar-refractivity contribution in [3.05, 3.63) is 23.0 Å². The van der Waals surface area contributed by atoms with Gasteiger partial charge < -0.3 is 4.74 Å². The number of nitrogens with zero attached hydrogens (tertiary/aromatic N) is 2. The van der Waals surface area contributed by atoms with Crippen molar-refractivity contribution in [3.63, 3.8) is 0 Å². The van der Waals surface area contributed by atoms with Gasteiger partial charge >= 0.3 is 10.9 Å². The summed E-state index contributed by atoms with van der Waals surface area (Å²) in [5.74, 6) is -0.219. The molecule has 0 radical (unpaired) electrons. The van der Waals surface area contributed by atoms with E-state index in [-0.39, 0.29) is 5.97 Å². The molecule has 2 heterocycles. The zero-order valence-corrected chi connectivity index (χ0v) is 12.6. The predicted octanol–water partition coefficient (Wildman–Crippen LogP) is 2.87. The minimum Gasteiger partial charge on any atom is -0.459 e. The van der Waals surface area contributed by atoms with Crippen molar-refractivity contribution in [2.45, 2.75) is 39.5 Å². The van der Waals surface area contributed by atoms with Crippen molar-refractivity contribution < 1.29 is 13.9 Å². The van der Waals surface area contributed by atoms with Crippen LogP contribution < -0.4 is 4.40 Å². The van der Waals surface area contributed by atoms with E-state index in [2.05, 4.69) is 6.92 Å².